The minimum Gasteiger partial charge on any atom is -0.214 e. The van der Waals surface area contributed by atoms with Gasteiger partial charge < -0.3 is 20.1 Å². The van der Waals surface area contributed by atoms with Crippen LogP contribution < -0.4 is 0 Å². The van der Waals surface area contributed by atoms with Crippen LogP contribution in [-0.4, -0.2) is 41.4 Å². The summed E-state index contributed by atoms with van der Waals surface area (Å²) in [6, 6.07) is 20.5. The Hall–Kier alpha value is 0.597. The van der Waals surface area contributed by atoms with Gasteiger partial charge in [0.15, 0.2) is 0 Å². The van der Waals surface area contributed by atoms with Crippen LogP contribution in [0.1, 0.15) is 41.5 Å². The Morgan fingerprint density at radius 1 is 0.615 bits per heavy atom. The van der Waals surface area contributed by atoms with Crippen LogP contribution in [0.3, 0.4) is 0 Å². The van der Waals surface area contributed by atoms with E-state index in [4.69, 9.17) is 20.1 Å². The first kappa shape index (κ1) is 54.7. The van der Waals surface area contributed by atoms with E-state index in [0.29, 0.717) is 13.2 Å². The molecule has 0 spiro atoms. The van der Waals surface area contributed by atoms with Crippen molar-refractivity contribution in [1.82, 2.24) is 0 Å². The molecule has 2 aliphatic carbocycles. The maximum absolute atomic E-state index is 5.81. The Bertz CT molecular complexity index is 1300. The van der Waals surface area contributed by atoms with Gasteiger partial charge in [0.1, 0.15) is 0 Å². The Morgan fingerprint density at radius 2 is 0.904 bits per heavy atom. The Labute approximate surface area is 383 Å². The topological polar surface area (TPSA) is 46.7 Å². The predicted molar refractivity (Wildman–Crippen MR) is 230 cm³/mol. The van der Waals surface area contributed by atoms with Gasteiger partial charge in [-0.3, -0.25) is 0 Å². The Balaban J connectivity index is 0. The summed E-state index contributed by atoms with van der Waals surface area (Å²) >= 11 is 9.44. The molecular formula is C40H56Fe2I2N2O2Pd2Si2. The van der Waals surface area contributed by atoms with Crippen LogP contribution in [0, 0.1) is 23.0 Å². The van der Waals surface area contributed by atoms with Crippen molar-refractivity contribution in [2.45, 2.75) is 92.9 Å². The zero-order valence-corrected chi connectivity index (χ0v) is 44.1. The number of halogens is 2. The molecule has 2 aromatic carbocycles. The standard InChI is InChI=1S/2C15H23NOSi.2C5H5.2Fe.2HI.2Pd/c2*1-15(2,3)13-10-17-14(16-13)11-8-7-9-12(11)18(4,5)6;2*1-2-4-5-3-1;;;;;;/h2*7,9,13H,10H2,1-6H3;2*1-5H;;;2*1H;;/q2*-2;2*-1;2*+2;;;2*+2/p-2/b2*14-11-;;;;;;;;/t2*13-;;;;;;;;/m11......../s1. The maximum atomic E-state index is 5.81. The van der Waals surface area contributed by atoms with E-state index in [1.54, 1.807) is 0 Å². The largest absolute Gasteiger partial charge is 0.214 e. The van der Waals surface area contributed by atoms with Crippen LogP contribution in [0.5, 0.6) is 0 Å². The average molecular weight is 1230 g/mol. The van der Waals surface area contributed by atoms with E-state index in [1.165, 1.54) is 10.4 Å². The molecule has 12 heteroatoms. The van der Waals surface area contributed by atoms with Crippen LogP contribution >= 0.6 is 39.0 Å². The van der Waals surface area contributed by atoms with Crippen molar-refractivity contribution < 1.29 is 74.8 Å². The van der Waals surface area contributed by atoms with E-state index in [0.717, 1.165) is 22.9 Å². The van der Waals surface area contributed by atoms with Crippen molar-refractivity contribution in [3.63, 3.8) is 0 Å². The minimum atomic E-state index is -1.35. The van der Waals surface area contributed by atoms with Gasteiger partial charge in [0.2, 0.25) is 0 Å². The molecule has 296 valence electrons. The van der Waals surface area contributed by atoms with Crippen LogP contribution in [-0.2, 0) is 74.8 Å². The van der Waals surface area contributed by atoms with Crippen molar-refractivity contribution in [3.05, 3.63) is 141 Å². The second kappa shape index (κ2) is 26.5. The molecule has 0 bridgehead atoms. The molecule has 0 amide bonds. The van der Waals surface area contributed by atoms with Crippen LogP contribution in [0.25, 0.3) is 10.6 Å². The van der Waals surface area contributed by atoms with Crippen molar-refractivity contribution in [2.75, 3.05) is 13.2 Å². The molecule has 4 aliphatic rings. The van der Waals surface area contributed by atoms with Gasteiger partial charge >= 0.3 is 104 Å². The molecule has 2 atom stereocenters. The first-order valence-electron chi connectivity index (χ1n) is 16.7. The fourth-order valence-electron chi connectivity index (χ4n) is 4.89. The third-order valence-corrected chi connectivity index (χ3v) is 12.0. The van der Waals surface area contributed by atoms with Crippen molar-refractivity contribution in [3.8, 4) is 0 Å². The molecule has 2 saturated heterocycles. The normalized spacial score (nSPS) is 21.3. The monoisotopic (exact) mass is 1230 g/mol. The number of ether oxygens (including phenoxy) is 2. The molecule has 0 saturated carbocycles. The molecule has 2 aromatic rings. The smallest absolute Gasteiger partial charge is 0.172 e. The fourth-order valence-corrected chi connectivity index (χ4v) is 7.92. The van der Waals surface area contributed by atoms with E-state index in [2.05, 4.69) is 136 Å². The van der Waals surface area contributed by atoms with E-state index in [9.17, 15) is 0 Å². The molecule has 0 N–H and O–H groups in total. The third-order valence-electron chi connectivity index (χ3n) is 7.95. The molecule has 2 heterocycles. The van der Waals surface area contributed by atoms with Crippen molar-refractivity contribution in [2.24, 2.45) is 10.8 Å². The van der Waals surface area contributed by atoms with Crippen molar-refractivity contribution in [1.29, 1.82) is 0 Å². The summed E-state index contributed by atoms with van der Waals surface area (Å²) in [6.07, 6.45) is 15.0. The van der Waals surface area contributed by atoms with E-state index in [1.807, 2.05) is 112 Å². The SMILES string of the molecule is CC(C)(C)[C@H]1CO/C(=C2/[C-]=CC=C2[Si](C)(C)C)[N-]1.CC(C)(C)[C@H]1CO/C(=C2/[C-]=CC=C2[Si](C)(C)C)[N-]1.[Fe+2].[Fe+2].[Pd+][I].[Pd+][I].c1cc[cH-]c1.c1cc[cH-]c1. The van der Waals surface area contributed by atoms with E-state index < -0.39 is 16.1 Å². The first-order chi connectivity index (χ1) is 23.4. The molecular weight excluding hydrogens is 1170 g/mol. The Morgan fingerprint density at radius 3 is 1.10 bits per heavy atom. The van der Waals surface area contributed by atoms with Gasteiger partial charge in [0.05, 0.1) is 13.2 Å². The first-order valence-corrected chi connectivity index (χ1v) is 33.0. The van der Waals surface area contributed by atoms with Gasteiger partial charge in [0, 0.05) is 16.1 Å². The van der Waals surface area contributed by atoms with Gasteiger partial charge in [-0.2, -0.15) is 71.1 Å². The van der Waals surface area contributed by atoms with E-state index >= 15 is 0 Å². The molecule has 0 unspecified atom stereocenters. The number of nitrogens with zero attached hydrogens (tertiary/aromatic N) is 2. The summed E-state index contributed by atoms with van der Waals surface area (Å²) in [5.41, 5.74) is 2.52. The molecule has 2 fully saturated rings. The van der Waals surface area contributed by atoms with Crippen LogP contribution in [0.15, 0.2) is 118 Å². The van der Waals surface area contributed by atoms with Gasteiger partial charge in [-0.1, -0.05) is 105 Å². The van der Waals surface area contributed by atoms with Gasteiger partial charge in [-0.25, -0.2) is 24.3 Å². The second-order valence-electron chi connectivity index (χ2n) is 16.2. The predicted octanol–water partition coefficient (Wildman–Crippen LogP) is 13.0. The summed E-state index contributed by atoms with van der Waals surface area (Å²) in [6.45, 7) is 28.7. The number of rotatable bonds is 2. The summed E-state index contributed by atoms with van der Waals surface area (Å²) < 4.78 is 11.6. The third kappa shape index (κ3) is 19.2. The fraction of sp³-hybridized carbons (Fsp3) is 0.450. The molecule has 0 radical (unpaired) electrons. The number of allylic oxidation sites excluding steroid dienone is 10. The number of hydrogen-bond acceptors (Lipinski definition) is 2. The maximum Gasteiger partial charge on any atom is -0.172 e. The molecule has 4 nitrogen and oxygen atoms in total. The minimum absolute atomic E-state index is 0. The number of hydrogen-bond donors (Lipinski definition) is 0. The van der Waals surface area contributed by atoms with Crippen LogP contribution in [0.2, 0.25) is 39.3 Å². The zero-order valence-electron chi connectivity index (χ0n) is 32.5. The summed E-state index contributed by atoms with van der Waals surface area (Å²) in [4.78, 5) is 0. The average Bonchev–Trinajstić information content (AvgIpc) is 3.88. The van der Waals surface area contributed by atoms with Crippen LogP contribution in [0.4, 0.5) is 0 Å². The van der Waals surface area contributed by atoms with Gasteiger partial charge in [-0.15, -0.1) is 23.3 Å². The second-order valence-corrected chi connectivity index (χ2v) is 26.3. The summed E-state index contributed by atoms with van der Waals surface area (Å²) in [7, 11) is -2.71. The van der Waals surface area contributed by atoms with Gasteiger partial charge in [0.25, 0.3) is 0 Å². The zero-order chi connectivity index (χ0) is 38.2. The molecule has 2 aliphatic heterocycles. The van der Waals surface area contributed by atoms with E-state index in [-0.39, 0.29) is 57.1 Å². The molecule has 6 rings (SSSR count). The molecule has 52 heavy (non-hydrogen) atoms. The summed E-state index contributed by atoms with van der Waals surface area (Å²) in [5, 5.41) is 12.3. The van der Waals surface area contributed by atoms with Gasteiger partial charge in [-0.05, 0) is 10.8 Å². The quantitative estimate of drug-likeness (QED) is 0.171. The van der Waals surface area contributed by atoms with Crippen molar-refractivity contribution >= 4 is 55.2 Å². The summed E-state index contributed by atoms with van der Waals surface area (Å²) in [5.74, 6) is 1.61. The Kier molecular flexibility index (Phi) is 27.9. The molecule has 0 aromatic heterocycles.